The van der Waals surface area contributed by atoms with E-state index in [2.05, 4.69) is 6.58 Å². The maximum absolute atomic E-state index is 14.2. The van der Waals surface area contributed by atoms with E-state index < -0.39 is 69.7 Å². The Labute approximate surface area is 242 Å². The van der Waals surface area contributed by atoms with Crippen LogP contribution in [0.4, 0.5) is 0 Å². The first kappa shape index (κ1) is 27.4. The molecule has 1 aromatic rings. The minimum atomic E-state index is -2.31. The SMILES string of the molecule is C=C1C(=O)[C@]23[C@H](OC(=O)C4CCN(C(=O)c5cccs5)CC4)[C@H]1CC[C@H]2[C@@]12CO[C@@]3(O)[C@@H](O)[C@@H]1C(C)(C)CCC2=O. The number of hydrogen-bond donors (Lipinski definition) is 2. The zero-order valence-corrected chi connectivity index (χ0v) is 24.3. The van der Waals surface area contributed by atoms with E-state index in [1.807, 2.05) is 25.3 Å². The van der Waals surface area contributed by atoms with E-state index in [0.717, 1.165) is 0 Å². The molecule has 8 rings (SSSR count). The van der Waals surface area contributed by atoms with Crippen LogP contribution in [0.25, 0.3) is 0 Å². The molecule has 2 N–H and O–H groups in total. The Morgan fingerprint density at radius 1 is 1.17 bits per heavy atom. The molecular weight excluding hydrogens is 546 g/mol. The highest BCUT2D eigenvalue weighted by Gasteiger charge is 2.88. The summed E-state index contributed by atoms with van der Waals surface area (Å²) < 4.78 is 12.3. The minimum Gasteiger partial charge on any atom is -0.460 e. The lowest BCUT2D eigenvalue weighted by Gasteiger charge is -2.73. The van der Waals surface area contributed by atoms with E-state index in [0.29, 0.717) is 56.5 Å². The molecule has 2 spiro atoms. The van der Waals surface area contributed by atoms with Crippen LogP contribution in [0.15, 0.2) is 29.7 Å². The van der Waals surface area contributed by atoms with E-state index >= 15 is 0 Å². The van der Waals surface area contributed by atoms with Gasteiger partial charge in [0, 0.05) is 31.3 Å². The van der Waals surface area contributed by atoms with Gasteiger partial charge >= 0.3 is 5.97 Å². The van der Waals surface area contributed by atoms with Gasteiger partial charge in [0.05, 0.1) is 22.8 Å². The summed E-state index contributed by atoms with van der Waals surface area (Å²) in [4.78, 5) is 57.0. The molecule has 9 nitrogen and oxygen atoms in total. The van der Waals surface area contributed by atoms with Crippen LogP contribution < -0.4 is 0 Å². The van der Waals surface area contributed by atoms with Crippen LogP contribution in [0.3, 0.4) is 0 Å². The Morgan fingerprint density at radius 3 is 2.59 bits per heavy atom. The predicted molar refractivity (Wildman–Crippen MR) is 146 cm³/mol. The average Bonchev–Trinajstić information content (AvgIpc) is 3.53. The van der Waals surface area contributed by atoms with Gasteiger partial charge in [-0.3, -0.25) is 19.2 Å². The number of fused-ring (bicyclic) bond motifs is 2. The van der Waals surface area contributed by atoms with Crippen molar-refractivity contribution in [1.82, 2.24) is 4.90 Å². The lowest BCUT2D eigenvalue weighted by molar-refractivity contribution is -0.437. The average molecular weight is 584 g/mol. The summed E-state index contributed by atoms with van der Waals surface area (Å²) in [5.41, 5.74) is -3.16. The molecule has 4 aliphatic carbocycles. The van der Waals surface area contributed by atoms with Crippen LogP contribution in [-0.2, 0) is 23.9 Å². The Morgan fingerprint density at radius 2 is 1.90 bits per heavy atom. The van der Waals surface area contributed by atoms with Crippen molar-refractivity contribution >= 4 is 34.8 Å². The summed E-state index contributed by atoms with van der Waals surface area (Å²) in [5, 5.41) is 26.0. The number of likely N-dealkylation sites (tertiary alicyclic amines) is 1. The topological polar surface area (TPSA) is 130 Å². The van der Waals surface area contributed by atoms with Gasteiger partial charge in [0.2, 0.25) is 5.79 Å². The quantitative estimate of drug-likeness (QED) is 0.411. The van der Waals surface area contributed by atoms with Crippen LogP contribution in [0, 0.1) is 39.9 Å². The molecular formula is C31H37NO8S. The number of piperidine rings is 1. The van der Waals surface area contributed by atoms with E-state index in [9.17, 15) is 29.4 Å². The number of carbonyl (C=O) groups excluding carboxylic acids is 4. The number of ketones is 2. The zero-order valence-electron chi connectivity index (χ0n) is 23.5. The first-order chi connectivity index (χ1) is 19.4. The van der Waals surface area contributed by atoms with Gasteiger partial charge < -0.3 is 24.6 Å². The number of carbonyl (C=O) groups is 4. The molecule has 10 heteroatoms. The van der Waals surface area contributed by atoms with Crippen LogP contribution in [0.5, 0.6) is 0 Å². The zero-order chi connectivity index (χ0) is 29.1. The van der Waals surface area contributed by atoms with Gasteiger partial charge in [0.15, 0.2) is 5.78 Å². The van der Waals surface area contributed by atoms with E-state index in [1.165, 1.54) is 11.3 Å². The minimum absolute atomic E-state index is 0.0522. The van der Waals surface area contributed by atoms with E-state index in [1.54, 1.807) is 11.0 Å². The Bertz CT molecular complexity index is 1350. The van der Waals surface area contributed by atoms with Crippen molar-refractivity contribution in [3.05, 3.63) is 34.5 Å². The molecule has 1 aromatic heterocycles. The number of aliphatic hydroxyl groups is 2. The summed E-state index contributed by atoms with van der Waals surface area (Å²) >= 11 is 1.38. The number of hydrogen-bond acceptors (Lipinski definition) is 9. The fraction of sp³-hybridized carbons (Fsp3) is 0.677. The van der Waals surface area contributed by atoms with Gasteiger partial charge in [-0.05, 0) is 60.5 Å². The molecule has 8 atom stereocenters. The highest BCUT2D eigenvalue weighted by Crippen LogP contribution is 2.76. The summed E-state index contributed by atoms with van der Waals surface area (Å²) in [6.45, 7) is 8.81. The van der Waals surface area contributed by atoms with Crippen molar-refractivity contribution in [2.45, 2.75) is 70.4 Å². The molecule has 3 saturated heterocycles. The van der Waals surface area contributed by atoms with Crippen LogP contribution in [0.2, 0.25) is 0 Å². The first-order valence-electron chi connectivity index (χ1n) is 14.8. The molecule has 3 aliphatic heterocycles. The van der Waals surface area contributed by atoms with Gasteiger partial charge in [-0.15, -0.1) is 11.3 Å². The van der Waals surface area contributed by atoms with Crippen molar-refractivity contribution in [1.29, 1.82) is 0 Å². The second kappa shape index (κ2) is 8.81. The molecule has 0 unspecified atom stereocenters. The van der Waals surface area contributed by atoms with Crippen LogP contribution in [-0.4, -0.2) is 76.2 Å². The number of thiophene rings is 1. The number of aliphatic hydroxyl groups excluding tert-OH is 1. The molecule has 1 amide bonds. The van der Waals surface area contributed by atoms with Crippen molar-refractivity contribution in [3.63, 3.8) is 0 Å². The van der Waals surface area contributed by atoms with Gasteiger partial charge in [0.1, 0.15) is 23.4 Å². The molecule has 4 heterocycles. The molecule has 4 bridgehead atoms. The molecule has 220 valence electrons. The number of nitrogens with zero attached hydrogens (tertiary/aromatic N) is 1. The van der Waals surface area contributed by atoms with Crippen LogP contribution >= 0.6 is 11.3 Å². The lowest BCUT2D eigenvalue weighted by atomic mass is 9.36. The third-order valence-electron chi connectivity index (χ3n) is 11.7. The summed E-state index contributed by atoms with van der Waals surface area (Å²) in [7, 11) is 0. The third kappa shape index (κ3) is 3.22. The van der Waals surface area contributed by atoms with Crippen molar-refractivity contribution in [3.8, 4) is 0 Å². The number of rotatable bonds is 3. The maximum Gasteiger partial charge on any atom is 0.309 e. The monoisotopic (exact) mass is 583 g/mol. The van der Waals surface area contributed by atoms with Crippen LogP contribution in [0.1, 0.15) is 62.0 Å². The second-order valence-electron chi connectivity index (χ2n) is 13.7. The second-order valence-corrected chi connectivity index (χ2v) is 14.7. The van der Waals surface area contributed by atoms with E-state index in [-0.39, 0.29) is 23.9 Å². The highest BCUT2D eigenvalue weighted by atomic mass is 32.1. The lowest BCUT2D eigenvalue weighted by Crippen LogP contribution is -2.85. The smallest absolute Gasteiger partial charge is 0.309 e. The Hall–Kier alpha value is -2.40. The molecule has 7 aliphatic rings. The summed E-state index contributed by atoms with van der Waals surface area (Å²) in [6, 6.07) is 3.62. The fourth-order valence-corrected chi connectivity index (χ4v) is 10.6. The number of amides is 1. The largest absolute Gasteiger partial charge is 0.460 e. The van der Waals surface area contributed by atoms with Gasteiger partial charge in [-0.25, -0.2) is 0 Å². The first-order valence-corrected chi connectivity index (χ1v) is 15.6. The Balaban J connectivity index is 1.21. The summed E-state index contributed by atoms with van der Waals surface area (Å²) in [6.07, 6.45) is 0.0851. The number of esters is 1. The Kier molecular flexibility index (Phi) is 5.90. The maximum atomic E-state index is 14.2. The van der Waals surface area contributed by atoms with Gasteiger partial charge in [0.25, 0.3) is 5.91 Å². The van der Waals surface area contributed by atoms with Crippen molar-refractivity contribution in [2.75, 3.05) is 19.7 Å². The molecule has 41 heavy (non-hydrogen) atoms. The summed E-state index contributed by atoms with van der Waals surface area (Å²) in [5.74, 6) is -5.61. The predicted octanol–water partition coefficient (Wildman–Crippen LogP) is 2.75. The van der Waals surface area contributed by atoms with Crippen molar-refractivity contribution < 1.29 is 38.9 Å². The number of Topliss-reactive ketones (excluding diaryl/α,β-unsaturated/α-hetero) is 2. The molecule has 0 aromatic carbocycles. The standard InChI is InChI=1S/C31H37NO8S/c1-16-18-6-7-20-29-15-39-31(38,24(35)22(29)28(2,3)11-8-21(29)33)30(20,23(16)34)25(18)40-27(37)17-9-12-32(13-10-17)26(36)19-5-4-14-41-19/h4-5,14,17-18,20,22,24-25,35,38H,1,6-13,15H2,2-3H3/t18-,20-,22+,24-,25+,29+,30-,31-/m0/s1. The molecule has 4 saturated carbocycles. The third-order valence-corrected chi connectivity index (χ3v) is 12.6. The van der Waals surface area contributed by atoms with E-state index in [4.69, 9.17) is 9.47 Å². The highest BCUT2D eigenvalue weighted by molar-refractivity contribution is 7.12. The number of ether oxygens (including phenoxy) is 2. The molecule has 0 radical (unpaired) electrons. The molecule has 7 fully saturated rings. The normalized spacial score (nSPS) is 43.1. The van der Waals surface area contributed by atoms with Gasteiger partial charge in [-0.1, -0.05) is 26.5 Å². The van der Waals surface area contributed by atoms with Gasteiger partial charge in [-0.2, -0.15) is 0 Å². The fourth-order valence-electron chi connectivity index (χ4n) is 9.86. The van der Waals surface area contributed by atoms with Crippen molar-refractivity contribution in [2.24, 2.45) is 39.9 Å².